The lowest BCUT2D eigenvalue weighted by Gasteiger charge is -2.25. The zero-order valence-electron chi connectivity index (χ0n) is 22.9. The van der Waals surface area contributed by atoms with Crippen LogP contribution in [0.15, 0.2) is 47.5 Å². The number of anilines is 1. The van der Waals surface area contributed by atoms with Crippen LogP contribution in [0.5, 0.6) is 5.75 Å². The van der Waals surface area contributed by atoms with Crippen molar-refractivity contribution < 1.29 is 36.3 Å². The van der Waals surface area contributed by atoms with Gasteiger partial charge in [-0.15, -0.1) is 18.3 Å². The van der Waals surface area contributed by atoms with Gasteiger partial charge in [0.1, 0.15) is 11.9 Å². The van der Waals surface area contributed by atoms with E-state index in [1.807, 2.05) is 4.90 Å². The molecule has 232 valence electrons. The van der Waals surface area contributed by atoms with Crippen LogP contribution in [0.25, 0.3) is 0 Å². The molecule has 1 aliphatic heterocycles. The molecule has 1 aliphatic rings. The number of alkyl halides is 4. The second kappa shape index (κ2) is 14.2. The Hall–Kier alpha value is -4.34. The Morgan fingerprint density at radius 1 is 1.12 bits per heavy atom. The van der Waals surface area contributed by atoms with E-state index in [1.165, 1.54) is 30.6 Å². The van der Waals surface area contributed by atoms with Crippen LogP contribution in [0.3, 0.4) is 0 Å². The molecule has 2 N–H and O–H groups in total. The summed E-state index contributed by atoms with van der Waals surface area (Å²) in [5, 5.41) is 12.3. The van der Waals surface area contributed by atoms with Crippen molar-refractivity contribution in [2.24, 2.45) is 0 Å². The van der Waals surface area contributed by atoms with E-state index in [9.17, 15) is 36.3 Å². The molecule has 1 fully saturated rings. The lowest BCUT2D eigenvalue weighted by Crippen LogP contribution is -2.37. The molecule has 3 aromatic rings. The van der Waals surface area contributed by atoms with Gasteiger partial charge in [0, 0.05) is 19.3 Å². The number of aromatic nitrogens is 4. The molecule has 0 bridgehead atoms. The van der Waals surface area contributed by atoms with Gasteiger partial charge in [0.05, 0.1) is 25.0 Å². The van der Waals surface area contributed by atoms with Crippen LogP contribution in [0.4, 0.5) is 27.6 Å². The van der Waals surface area contributed by atoms with Crippen LogP contribution in [-0.4, -0.2) is 68.4 Å². The third-order valence-corrected chi connectivity index (χ3v) is 6.62. The number of aryl methyl sites for hydroxylation is 1. The van der Waals surface area contributed by atoms with E-state index in [1.54, 1.807) is 0 Å². The largest absolute Gasteiger partial charge is 0.573 e. The fourth-order valence-corrected chi connectivity index (χ4v) is 4.52. The number of nitrogens with zero attached hydrogens (tertiary/aromatic N) is 5. The molecule has 43 heavy (non-hydrogen) atoms. The van der Waals surface area contributed by atoms with Gasteiger partial charge in [0.15, 0.2) is 5.69 Å². The summed E-state index contributed by atoms with van der Waals surface area (Å²) in [6.07, 6.45) is -1.01. The number of likely N-dealkylation sites (tertiary alicyclic amines) is 1. The molecule has 11 nitrogen and oxygen atoms in total. The van der Waals surface area contributed by atoms with Crippen molar-refractivity contribution in [3.05, 3.63) is 70.2 Å². The molecular formula is C27H30F5N7O4. The summed E-state index contributed by atoms with van der Waals surface area (Å²) in [4.78, 5) is 39.0. The first-order chi connectivity index (χ1) is 20.5. The molecule has 1 unspecified atom stereocenters. The second-order valence-electron chi connectivity index (χ2n) is 10.0. The molecule has 1 aromatic carbocycles. The minimum Gasteiger partial charge on any atom is -0.406 e. The van der Waals surface area contributed by atoms with E-state index in [2.05, 4.69) is 25.7 Å². The SMILES string of the molecule is O=C(CN1CCCCC1)Nc1ccn(CCC(F)Cn2cc(C(=O)NCc3cccc(OC(F)(F)F)c3)nn2)c(=O)c1F. The number of amides is 2. The molecule has 1 saturated heterocycles. The molecule has 3 heterocycles. The predicted octanol–water partition coefficient (Wildman–Crippen LogP) is 3.26. The number of piperidine rings is 1. The van der Waals surface area contributed by atoms with E-state index >= 15 is 0 Å². The average Bonchev–Trinajstić information content (AvgIpc) is 3.42. The molecule has 1 atom stereocenters. The van der Waals surface area contributed by atoms with Crippen LogP contribution < -0.4 is 20.9 Å². The van der Waals surface area contributed by atoms with Crippen LogP contribution >= 0.6 is 0 Å². The standard InChI is InChI=1S/C27H30F5N7O4/c28-19(7-11-38-12-8-21(24(29)26(38)42)34-23(40)17-37-9-2-1-3-10-37)15-39-16-22(35-36-39)25(41)33-14-18-5-4-6-20(13-18)43-27(30,31)32/h4-6,8,12-13,16,19H,1-3,7,9-11,14-15,17H2,(H,33,41)(H,34,40). The summed E-state index contributed by atoms with van der Waals surface area (Å²) < 4.78 is 72.4. The average molecular weight is 612 g/mol. The third-order valence-electron chi connectivity index (χ3n) is 6.62. The number of carbonyl (C=O) groups is 2. The van der Waals surface area contributed by atoms with Gasteiger partial charge in [-0.3, -0.25) is 19.3 Å². The Morgan fingerprint density at radius 3 is 2.63 bits per heavy atom. The minimum absolute atomic E-state index is 0.104. The van der Waals surface area contributed by atoms with Crippen LogP contribution in [-0.2, 0) is 24.4 Å². The van der Waals surface area contributed by atoms with Crippen LogP contribution in [0, 0.1) is 5.82 Å². The molecule has 0 radical (unpaired) electrons. The monoisotopic (exact) mass is 611 g/mol. The highest BCUT2D eigenvalue weighted by Crippen LogP contribution is 2.23. The van der Waals surface area contributed by atoms with Gasteiger partial charge in [0.25, 0.3) is 11.5 Å². The van der Waals surface area contributed by atoms with E-state index in [0.717, 1.165) is 53.7 Å². The summed E-state index contributed by atoms with van der Waals surface area (Å²) >= 11 is 0. The van der Waals surface area contributed by atoms with Gasteiger partial charge in [-0.05, 0) is 56.1 Å². The molecule has 2 amide bonds. The highest BCUT2D eigenvalue weighted by Gasteiger charge is 2.31. The van der Waals surface area contributed by atoms with Crippen molar-refractivity contribution >= 4 is 17.5 Å². The Labute approximate surface area is 242 Å². The van der Waals surface area contributed by atoms with E-state index in [-0.39, 0.29) is 44.0 Å². The highest BCUT2D eigenvalue weighted by molar-refractivity contribution is 5.92. The fraction of sp³-hybridized carbons (Fsp3) is 0.444. The number of ether oxygens (including phenoxy) is 1. The summed E-state index contributed by atoms with van der Waals surface area (Å²) in [6, 6.07) is 6.32. The summed E-state index contributed by atoms with van der Waals surface area (Å²) in [5.74, 6) is -2.69. The topological polar surface area (TPSA) is 123 Å². The van der Waals surface area contributed by atoms with Crippen molar-refractivity contribution in [3.63, 3.8) is 0 Å². The molecule has 0 spiro atoms. The Balaban J connectivity index is 1.24. The Kier molecular flexibility index (Phi) is 10.4. The number of pyridine rings is 1. The zero-order valence-corrected chi connectivity index (χ0v) is 22.9. The summed E-state index contributed by atoms with van der Waals surface area (Å²) in [6.45, 7) is 1.09. The van der Waals surface area contributed by atoms with Gasteiger partial charge in [-0.1, -0.05) is 23.8 Å². The molecule has 2 aromatic heterocycles. The first-order valence-electron chi connectivity index (χ1n) is 13.5. The van der Waals surface area contributed by atoms with Gasteiger partial charge >= 0.3 is 6.36 Å². The van der Waals surface area contributed by atoms with E-state index < -0.39 is 41.5 Å². The molecule has 16 heteroatoms. The molecule has 0 saturated carbocycles. The van der Waals surface area contributed by atoms with Crippen LogP contribution in [0.1, 0.15) is 41.7 Å². The molecule has 0 aliphatic carbocycles. The van der Waals surface area contributed by atoms with Gasteiger partial charge in [-0.25, -0.2) is 9.07 Å². The van der Waals surface area contributed by atoms with Crippen molar-refractivity contribution in [2.75, 3.05) is 25.0 Å². The minimum atomic E-state index is -4.85. The maximum absolute atomic E-state index is 14.7. The third kappa shape index (κ3) is 9.59. The number of nitrogens with one attached hydrogen (secondary N) is 2. The van der Waals surface area contributed by atoms with Gasteiger partial charge < -0.3 is 19.9 Å². The van der Waals surface area contributed by atoms with E-state index in [4.69, 9.17) is 0 Å². The summed E-state index contributed by atoms with van der Waals surface area (Å²) in [7, 11) is 0. The highest BCUT2D eigenvalue weighted by atomic mass is 19.4. The van der Waals surface area contributed by atoms with Crippen molar-refractivity contribution in [1.29, 1.82) is 0 Å². The number of carbonyl (C=O) groups excluding carboxylic acids is 2. The second-order valence-corrected chi connectivity index (χ2v) is 10.0. The first kappa shape index (κ1) is 31.6. The van der Waals surface area contributed by atoms with Gasteiger partial charge in [-0.2, -0.15) is 4.39 Å². The number of hydrogen-bond acceptors (Lipinski definition) is 7. The van der Waals surface area contributed by atoms with Crippen LogP contribution in [0.2, 0.25) is 0 Å². The van der Waals surface area contributed by atoms with Crippen molar-refractivity contribution in [2.45, 2.75) is 57.9 Å². The predicted molar refractivity (Wildman–Crippen MR) is 143 cm³/mol. The summed E-state index contributed by atoms with van der Waals surface area (Å²) in [5.41, 5.74) is -1.05. The number of benzene rings is 1. The quantitative estimate of drug-likeness (QED) is 0.302. The number of hydrogen-bond donors (Lipinski definition) is 2. The fourth-order valence-electron chi connectivity index (χ4n) is 4.52. The van der Waals surface area contributed by atoms with E-state index in [0.29, 0.717) is 5.56 Å². The smallest absolute Gasteiger partial charge is 0.406 e. The number of halogens is 5. The van der Waals surface area contributed by atoms with Crippen molar-refractivity contribution in [1.82, 2.24) is 29.8 Å². The first-order valence-corrected chi connectivity index (χ1v) is 13.5. The lowest BCUT2D eigenvalue weighted by atomic mass is 10.1. The Bertz CT molecular complexity index is 1470. The maximum Gasteiger partial charge on any atom is 0.573 e. The normalized spacial score (nSPS) is 14.7. The van der Waals surface area contributed by atoms with Crippen molar-refractivity contribution in [3.8, 4) is 5.75 Å². The maximum atomic E-state index is 14.7. The lowest BCUT2D eigenvalue weighted by molar-refractivity contribution is -0.274. The molecule has 4 rings (SSSR count). The zero-order chi connectivity index (χ0) is 31.0. The van der Waals surface area contributed by atoms with Gasteiger partial charge in [0.2, 0.25) is 11.7 Å². The number of rotatable bonds is 12. The Morgan fingerprint density at radius 2 is 1.88 bits per heavy atom. The molecular weight excluding hydrogens is 581 g/mol.